The standard InChI is InChI=1S/C9H10ClNO3/c1-11(2)9(13)14-8-4-3-6(10)5-7(8)12/h3-5,12H,1-2H3. The summed E-state index contributed by atoms with van der Waals surface area (Å²) in [6, 6.07) is 4.26. The van der Waals surface area contributed by atoms with Gasteiger partial charge in [-0.25, -0.2) is 4.79 Å². The zero-order valence-corrected chi connectivity index (χ0v) is 8.58. The summed E-state index contributed by atoms with van der Waals surface area (Å²) >= 11 is 5.61. The predicted molar refractivity (Wildman–Crippen MR) is 52.8 cm³/mol. The number of phenols is 1. The lowest BCUT2D eigenvalue weighted by atomic mass is 10.3. The Morgan fingerprint density at radius 2 is 2.14 bits per heavy atom. The maximum atomic E-state index is 11.1. The van der Waals surface area contributed by atoms with Crippen molar-refractivity contribution in [3.8, 4) is 11.5 Å². The first-order chi connectivity index (χ1) is 6.50. The highest BCUT2D eigenvalue weighted by Gasteiger charge is 2.10. The van der Waals surface area contributed by atoms with Crippen LogP contribution < -0.4 is 4.74 Å². The summed E-state index contributed by atoms with van der Waals surface area (Å²) in [6.07, 6.45) is -0.553. The Bertz CT molecular complexity index is 352. The van der Waals surface area contributed by atoms with E-state index >= 15 is 0 Å². The van der Waals surface area contributed by atoms with Gasteiger partial charge in [0, 0.05) is 25.2 Å². The number of carbonyl (C=O) groups excluding carboxylic acids is 1. The molecular weight excluding hydrogens is 206 g/mol. The van der Waals surface area contributed by atoms with E-state index in [1.807, 2.05) is 0 Å². The molecule has 0 spiro atoms. The van der Waals surface area contributed by atoms with Gasteiger partial charge in [0.1, 0.15) is 0 Å². The summed E-state index contributed by atoms with van der Waals surface area (Å²) in [7, 11) is 3.10. The normalized spacial score (nSPS) is 9.64. The molecule has 0 radical (unpaired) electrons. The quantitative estimate of drug-likeness (QED) is 0.781. The lowest BCUT2D eigenvalue weighted by Gasteiger charge is -2.11. The van der Waals surface area contributed by atoms with Crippen LogP contribution in [0.3, 0.4) is 0 Å². The van der Waals surface area contributed by atoms with Crippen LogP contribution in [-0.2, 0) is 0 Å². The van der Waals surface area contributed by atoms with Gasteiger partial charge in [-0.3, -0.25) is 0 Å². The minimum atomic E-state index is -0.553. The number of ether oxygens (including phenoxy) is 1. The van der Waals surface area contributed by atoms with Crippen LogP contribution in [-0.4, -0.2) is 30.2 Å². The first kappa shape index (κ1) is 10.7. The summed E-state index contributed by atoms with van der Waals surface area (Å²) in [4.78, 5) is 12.4. The van der Waals surface area contributed by atoms with E-state index in [4.69, 9.17) is 16.3 Å². The molecule has 14 heavy (non-hydrogen) atoms. The van der Waals surface area contributed by atoms with Gasteiger partial charge >= 0.3 is 6.09 Å². The first-order valence-corrected chi connectivity index (χ1v) is 4.26. The van der Waals surface area contributed by atoms with Crippen LogP contribution in [0.15, 0.2) is 18.2 Å². The molecule has 76 valence electrons. The molecule has 0 saturated carbocycles. The van der Waals surface area contributed by atoms with Crippen molar-refractivity contribution >= 4 is 17.7 Å². The summed E-state index contributed by atoms with van der Waals surface area (Å²) < 4.78 is 4.84. The molecule has 1 rings (SSSR count). The minimum absolute atomic E-state index is 0.0908. The Morgan fingerprint density at radius 1 is 1.50 bits per heavy atom. The molecule has 1 amide bonds. The summed E-state index contributed by atoms with van der Waals surface area (Å²) in [5.74, 6) is -0.0687. The van der Waals surface area contributed by atoms with Crippen LogP contribution in [0.5, 0.6) is 11.5 Å². The van der Waals surface area contributed by atoms with Crippen LogP contribution in [0.25, 0.3) is 0 Å². The van der Waals surface area contributed by atoms with Crippen LogP contribution >= 0.6 is 11.6 Å². The summed E-state index contributed by atoms with van der Waals surface area (Å²) in [5, 5.41) is 9.72. The molecule has 0 heterocycles. The second-order valence-corrected chi connectivity index (χ2v) is 3.31. The Hall–Kier alpha value is -1.42. The SMILES string of the molecule is CN(C)C(=O)Oc1ccc(Cl)cc1O. The lowest BCUT2D eigenvalue weighted by Crippen LogP contribution is -2.25. The van der Waals surface area contributed by atoms with Crippen LogP contribution in [0, 0.1) is 0 Å². The second-order valence-electron chi connectivity index (χ2n) is 2.87. The number of hydrogen-bond acceptors (Lipinski definition) is 3. The fourth-order valence-corrected chi connectivity index (χ4v) is 0.929. The molecular formula is C9H10ClNO3. The maximum Gasteiger partial charge on any atom is 0.414 e. The van der Waals surface area contributed by atoms with Gasteiger partial charge in [-0.2, -0.15) is 0 Å². The monoisotopic (exact) mass is 215 g/mol. The molecule has 0 aliphatic rings. The van der Waals surface area contributed by atoms with Crippen molar-refractivity contribution in [3.05, 3.63) is 23.2 Å². The Balaban J connectivity index is 2.82. The average Bonchev–Trinajstić information content (AvgIpc) is 2.09. The van der Waals surface area contributed by atoms with Crippen LogP contribution in [0.4, 0.5) is 4.79 Å². The van der Waals surface area contributed by atoms with Gasteiger partial charge in [-0.05, 0) is 12.1 Å². The second kappa shape index (κ2) is 4.19. The van der Waals surface area contributed by atoms with E-state index in [2.05, 4.69) is 0 Å². The fraction of sp³-hybridized carbons (Fsp3) is 0.222. The number of nitrogens with zero attached hydrogens (tertiary/aromatic N) is 1. The molecule has 5 heteroatoms. The molecule has 0 atom stereocenters. The number of amides is 1. The zero-order valence-electron chi connectivity index (χ0n) is 7.82. The van der Waals surface area contributed by atoms with E-state index in [1.165, 1.54) is 23.1 Å². The fourth-order valence-electron chi connectivity index (χ4n) is 0.762. The molecule has 4 nitrogen and oxygen atoms in total. The van der Waals surface area contributed by atoms with Crippen molar-refractivity contribution in [3.63, 3.8) is 0 Å². The van der Waals surface area contributed by atoms with E-state index < -0.39 is 6.09 Å². The van der Waals surface area contributed by atoms with Gasteiger partial charge in [-0.1, -0.05) is 11.6 Å². The Labute approximate surface area is 86.7 Å². The molecule has 0 aliphatic heterocycles. The van der Waals surface area contributed by atoms with Gasteiger partial charge in [0.2, 0.25) is 0 Å². The van der Waals surface area contributed by atoms with Crippen molar-refractivity contribution in [2.24, 2.45) is 0 Å². The number of phenolic OH excluding ortho intramolecular Hbond substituents is 1. The third-order valence-electron chi connectivity index (χ3n) is 1.48. The van der Waals surface area contributed by atoms with E-state index in [9.17, 15) is 9.90 Å². The van der Waals surface area contributed by atoms with E-state index in [1.54, 1.807) is 14.1 Å². The molecule has 1 aromatic carbocycles. The number of halogens is 1. The predicted octanol–water partition coefficient (Wildman–Crippen LogP) is 2.11. The highest BCUT2D eigenvalue weighted by Crippen LogP contribution is 2.28. The maximum absolute atomic E-state index is 11.1. The topological polar surface area (TPSA) is 49.8 Å². The number of hydrogen-bond donors (Lipinski definition) is 1. The number of rotatable bonds is 1. The van der Waals surface area contributed by atoms with Gasteiger partial charge in [-0.15, -0.1) is 0 Å². The zero-order chi connectivity index (χ0) is 10.7. The van der Waals surface area contributed by atoms with Gasteiger partial charge in [0.25, 0.3) is 0 Å². The molecule has 1 aromatic rings. The number of aromatic hydroxyl groups is 1. The largest absolute Gasteiger partial charge is 0.504 e. The molecule has 0 aliphatic carbocycles. The van der Waals surface area contributed by atoms with Gasteiger partial charge in [0.05, 0.1) is 0 Å². The molecule has 0 fully saturated rings. The highest BCUT2D eigenvalue weighted by atomic mass is 35.5. The third-order valence-corrected chi connectivity index (χ3v) is 1.72. The van der Waals surface area contributed by atoms with Crippen molar-refractivity contribution in [1.82, 2.24) is 4.90 Å². The molecule has 0 unspecified atom stereocenters. The van der Waals surface area contributed by atoms with Crippen molar-refractivity contribution in [1.29, 1.82) is 0 Å². The molecule has 0 saturated heterocycles. The van der Waals surface area contributed by atoms with Crippen molar-refractivity contribution in [2.75, 3.05) is 14.1 Å². The first-order valence-electron chi connectivity index (χ1n) is 3.88. The van der Waals surface area contributed by atoms with E-state index in [0.29, 0.717) is 5.02 Å². The molecule has 0 bridgehead atoms. The van der Waals surface area contributed by atoms with Gasteiger partial charge in [0.15, 0.2) is 11.5 Å². The van der Waals surface area contributed by atoms with E-state index in [-0.39, 0.29) is 11.5 Å². The summed E-state index contributed by atoms with van der Waals surface area (Å²) in [5.41, 5.74) is 0. The molecule has 0 aromatic heterocycles. The number of carbonyl (C=O) groups is 1. The third kappa shape index (κ3) is 2.53. The Kier molecular flexibility index (Phi) is 3.19. The van der Waals surface area contributed by atoms with Crippen molar-refractivity contribution < 1.29 is 14.6 Å². The lowest BCUT2D eigenvalue weighted by molar-refractivity contribution is 0.170. The smallest absolute Gasteiger partial charge is 0.414 e. The Morgan fingerprint density at radius 3 is 2.64 bits per heavy atom. The number of benzene rings is 1. The highest BCUT2D eigenvalue weighted by molar-refractivity contribution is 6.30. The van der Waals surface area contributed by atoms with Crippen LogP contribution in [0.2, 0.25) is 5.02 Å². The van der Waals surface area contributed by atoms with Crippen molar-refractivity contribution in [2.45, 2.75) is 0 Å². The van der Waals surface area contributed by atoms with E-state index in [0.717, 1.165) is 0 Å². The van der Waals surface area contributed by atoms with Gasteiger partial charge < -0.3 is 14.7 Å². The van der Waals surface area contributed by atoms with Crippen LogP contribution in [0.1, 0.15) is 0 Å². The minimum Gasteiger partial charge on any atom is -0.504 e. The average molecular weight is 216 g/mol. The molecule has 1 N–H and O–H groups in total. The summed E-state index contributed by atoms with van der Waals surface area (Å²) in [6.45, 7) is 0.